The van der Waals surface area contributed by atoms with Gasteiger partial charge in [-0.3, -0.25) is 14.2 Å². The molecule has 0 saturated carbocycles. The Morgan fingerprint density at radius 1 is 1.25 bits per heavy atom. The Kier molecular flexibility index (Phi) is 4.83. The third-order valence-corrected chi connectivity index (χ3v) is 5.14. The van der Waals surface area contributed by atoms with Crippen LogP contribution in [0.15, 0.2) is 23.3 Å². The number of rotatable bonds is 2. The number of carbonyl (C=O) groups excluding carboxylic acids is 1. The number of hydrogen-bond donors (Lipinski definition) is 0. The highest BCUT2D eigenvalue weighted by molar-refractivity contribution is 6.38. The second kappa shape index (κ2) is 6.73. The quantitative estimate of drug-likeness (QED) is 0.815. The van der Waals surface area contributed by atoms with Crippen LogP contribution in [-0.4, -0.2) is 32.4 Å². The zero-order valence-electron chi connectivity index (χ0n) is 13.6. The molecule has 0 spiro atoms. The van der Waals surface area contributed by atoms with Crippen LogP contribution in [-0.2, 0) is 11.3 Å². The molecule has 2 atom stereocenters. The van der Waals surface area contributed by atoms with Crippen molar-refractivity contribution in [2.75, 3.05) is 0 Å². The molecule has 128 valence electrons. The van der Waals surface area contributed by atoms with Gasteiger partial charge < -0.3 is 4.90 Å². The molecule has 1 aliphatic rings. The lowest BCUT2D eigenvalue weighted by Gasteiger charge is -2.39. The van der Waals surface area contributed by atoms with Crippen molar-refractivity contribution in [1.29, 1.82) is 0 Å². The number of carbonyl (C=O) groups is 1. The summed E-state index contributed by atoms with van der Waals surface area (Å²) >= 11 is 12.1. The second-order valence-corrected chi connectivity index (χ2v) is 7.23. The molecule has 2 heterocycles. The fraction of sp³-hybridized carbons (Fsp3) is 0.471. The molecule has 3 rings (SSSR count). The molecule has 24 heavy (non-hydrogen) atoms. The molecule has 0 N–H and O–H groups in total. The van der Waals surface area contributed by atoms with Crippen molar-refractivity contribution in [3.8, 4) is 0 Å². The molecule has 1 amide bonds. The van der Waals surface area contributed by atoms with Gasteiger partial charge in [0, 0.05) is 17.1 Å². The summed E-state index contributed by atoms with van der Waals surface area (Å²) in [5, 5.41) is 1.02. The highest BCUT2D eigenvalue weighted by Crippen LogP contribution is 2.25. The van der Waals surface area contributed by atoms with Crippen LogP contribution < -0.4 is 5.56 Å². The summed E-state index contributed by atoms with van der Waals surface area (Å²) in [6, 6.07) is 3.46. The van der Waals surface area contributed by atoms with Crippen LogP contribution in [0.2, 0.25) is 10.0 Å². The number of hydrogen-bond acceptors (Lipinski definition) is 3. The Morgan fingerprint density at radius 3 is 2.58 bits per heavy atom. The van der Waals surface area contributed by atoms with E-state index in [0.717, 1.165) is 19.3 Å². The lowest BCUT2D eigenvalue weighted by molar-refractivity contribution is -0.138. The van der Waals surface area contributed by atoms with Crippen molar-refractivity contribution in [2.45, 2.75) is 51.7 Å². The molecule has 1 aliphatic heterocycles. The Morgan fingerprint density at radius 2 is 1.92 bits per heavy atom. The first-order valence-corrected chi connectivity index (χ1v) is 8.79. The Balaban J connectivity index is 1.94. The molecule has 0 radical (unpaired) electrons. The Bertz CT molecular complexity index is 840. The van der Waals surface area contributed by atoms with Gasteiger partial charge in [0.2, 0.25) is 5.91 Å². The van der Waals surface area contributed by atoms with E-state index in [1.54, 1.807) is 6.07 Å². The Labute approximate surface area is 150 Å². The minimum atomic E-state index is -0.310. The maximum atomic E-state index is 12.7. The molecule has 1 saturated heterocycles. The van der Waals surface area contributed by atoms with Gasteiger partial charge in [0.1, 0.15) is 6.54 Å². The van der Waals surface area contributed by atoms with E-state index in [0.29, 0.717) is 20.9 Å². The van der Waals surface area contributed by atoms with Gasteiger partial charge in [-0.15, -0.1) is 0 Å². The van der Waals surface area contributed by atoms with Crippen LogP contribution in [0, 0.1) is 0 Å². The average Bonchev–Trinajstić information content (AvgIpc) is 2.50. The van der Waals surface area contributed by atoms with E-state index in [1.165, 1.54) is 17.0 Å². The zero-order valence-corrected chi connectivity index (χ0v) is 15.1. The van der Waals surface area contributed by atoms with Gasteiger partial charge in [-0.25, -0.2) is 4.98 Å². The van der Waals surface area contributed by atoms with Crippen molar-refractivity contribution >= 4 is 40.0 Å². The van der Waals surface area contributed by atoms with Crippen LogP contribution in [0.1, 0.15) is 33.1 Å². The number of likely N-dealkylation sites (tertiary alicyclic amines) is 1. The normalized spacial score (nSPS) is 21.2. The van der Waals surface area contributed by atoms with Gasteiger partial charge in [-0.05, 0) is 45.2 Å². The van der Waals surface area contributed by atoms with Crippen LogP contribution in [0.25, 0.3) is 10.9 Å². The molecular weight excluding hydrogens is 349 g/mol. The van der Waals surface area contributed by atoms with Gasteiger partial charge in [-0.1, -0.05) is 23.2 Å². The number of aromatic nitrogens is 2. The van der Waals surface area contributed by atoms with Crippen molar-refractivity contribution in [1.82, 2.24) is 14.5 Å². The number of halogens is 2. The summed E-state index contributed by atoms with van der Waals surface area (Å²) in [4.78, 5) is 31.4. The number of fused-ring (bicyclic) bond motifs is 1. The van der Waals surface area contributed by atoms with Crippen LogP contribution in [0.4, 0.5) is 0 Å². The summed E-state index contributed by atoms with van der Waals surface area (Å²) in [6.07, 6.45) is 4.49. The lowest BCUT2D eigenvalue weighted by Crippen LogP contribution is -2.49. The average molecular weight is 368 g/mol. The minimum absolute atomic E-state index is 0.0272. The number of benzene rings is 1. The van der Waals surface area contributed by atoms with E-state index in [4.69, 9.17) is 23.2 Å². The molecule has 7 heteroatoms. The molecule has 0 bridgehead atoms. The van der Waals surface area contributed by atoms with Gasteiger partial charge in [0.05, 0.1) is 22.3 Å². The highest BCUT2D eigenvalue weighted by atomic mass is 35.5. The van der Waals surface area contributed by atoms with Gasteiger partial charge in [-0.2, -0.15) is 0 Å². The maximum Gasteiger partial charge on any atom is 0.261 e. The molecule has 1 aromatic carbocycles. The van der Waals surface area contributed by atoms with Crippen LogP contribution >= 0.6 is 23.2 Å². The molecule has 1 aromatic heterocycles. The van der Waals surface area contributed by atoms with Crippen LogP contribution in [0.3, 0.4) is 0 Å². The zero-order chi connectivity index (χ0) is 17.4. The second-order valence-electron chi connectivity index (χ2n) is 6.39. The first-order chi connectivity index (χ1) is 11.4. The summed E-state index contributed by atoms with van der Waals surface area (Å²) in [5.74, 6) is -0.0638. The molecule has 5 nitrogen and oxygen atoms in total. The molecule has 0 aliphatic carbocycles. The van der Waals surface area contributed by atoms with E-state index in [1.807, 2.05) is 4.90 Å². The summed E-state index contributed by atoms with van der Waals surface area (Å²) < 4.78 is 1.32. The molecular formula is C17H19Cl2N3O2. The largest absolute Gasteiger partial charge is 0.336 e. The lowest BCUT2D eigenvalue weighted by atomic mass is 9.97. The first-order valence-electron chi connectivity index (χ1n) is 8.04. The summed E-state index contributed by atoms with van der Waals surface area (Å²) in [7, 11) is 0. The van der Waals surface area contributed by atoms with Crippen molar-refractivity contribution in [3.63, 3.8) is 0 Å². The predicted molar refractivity (Wildman–Crippen MR) is 95.6 cm³/mol. The smallest absolute Gasteiger partial charge is 0.261 e. The summed E-state index contributed by atoms with van der Waals surface area (Å²) in [5.41, 5.74) is 0.0875. The molecule has 2 unspecified atom stereocenters. The fourth-order valence-electron chi connectivity index (χ4n) is 3.45. The number of amides is 1. The third-order valence-electron chi connectivity index (χ3n) is 4.63. The number of piperidine rings is 1. The molecule has 1 fully saturated rings. The molecule has 2 aromatic rings. The van der Waals surface area contributed by atoms with E-state index in [-0.39, 0.29) is 30.1 Å². The van der Waals surface area contributed by atoms with Crippen LogP contribution in [0.5, 0.6) is 0 Å². The monoisotopic (exact) mass is 367 g/mol. The van der Waals surface area contributed by atoms with Crippen molar-refractivity contribution in [2.24, 2.45) is 0 Å². The Hall–Kier alpha value is -1.59. The van der Waals surface area contributed by atoms with Gasteiger partial charge in [0.15, 0.2) is 0 Å². The standard InChI is InChI=1S/C17H19Cl2N3O2/c1-10-4-3-5-11(2)22(10)15(23)8-21-9-20-16-13(17(21)24)6-12(18)7-14(16)19/h6-7,9-11H,3-5,8H2,1-2H3. The van der Waals surface area contributed by atoms with E-state index >= 15 is 0 Å². The SMILES string of the molecule is CC1CCCC(C)N1C(=O)Cn1cnc2c(Cl)cc(Cl)cc2c1=O. The van der Waals surface area contributed by atoms with E-state index < -0.39 is 0 Å². The highest BCUT2D eigenvalue weighted by Gasteiger charge is 2.29. The van der Waals surface area contributed by atoms with Crippen molar-refractivity contribution < 1.29 is 4.79 Å². The fourth-order valence-corrected chi connectivity index (χ4v) is 3.99. The minimum Gasteiger partial charge on any atom is -0.336 e. The first kappa shape index (κ1) is 17.2. The topological polar surface area (TPSA) is 55.2 Å². The predicted octanol–water partition coefficient (Wildman–Crippen LogP) is 3.49. The van der Waals surface area contributed by atoms with E-state index in [9.17, 15) is 9.59 Å². The van der Waals surface area contributed by atoms with Gasteiger partial charge in [0.25, 0.3) is 5.56 Å². The van der Waals surface area contributed by atoms with Crippen molar-refractivity contribution in [3.05, 3.63) is 38.9 Å². The van der Waals surface area contributed by atoms with E-state index in [2.05, 4.69) is 18.8 Å². The third kappa shape index (κ3) is 3.15. The summed E-state index contributed by atoms with van der Waals surface area (Å²) in [6.45, 7) is 4.07. The number of nitrogens with zero attached hydrogens (tertiary/aromatic N) is 3. The maximum absolute atomic E-state index is 12.7. The van der Waals surface area contributed by atoms with Gasteiger partial charge >= 0.3 is 0 Å².